The third-order valence-corrected chi connectivity index (χ3v) is 4.24. The summed E-state index contributed by atoms with van der Waals surface area (Å²) in [7, 11) is -3.23. The summed E-state index contributed by atoms with van der Waals surface area (Å²) < 4.78 is 28.3. The minimum atomic E-state index is -3.23. The molecule has 0 aliphatic carbocycles. The first kappa shape index (κ1) is 15.5. The van der Waals surface area contributed by atoms with Crippen molar-refractivity contribution in [2.75, 3.05) is 6.26 Å². The summed E-state index contributed by atoms with van der Waals surface area (Å²) in [5.41, 5.74) is 0.500. The van der Waals surface area contributed by atoms with Crippen molar-refractivity contribution in [1.82, 2.24) is 0 Å². The summed E-state index contributed by atoms with van der Waals surface area (Å²) in [6.45, 7) is 1.45. The van der Waals surface area contributed by atoms with Gasteiger partial charge in [0.2, 0.25) is 0 Å². The minimum Gasteiger partial charge on any atom is -0.456 e. The van der Waals surface area contributed by atoms with E-state index >= 15 is 0 Å². The molecule has 6 heteroatoms. The molecule has 0 aliphatic heterocycles. The summed E-state index contributed by atoms with van der Waals surface area (Å²) in [4.78, 5) is 11.5. The molecule has 0 unspecified atom stereocenters. The highest BCUT2D eigenvalue weighted by molar-refractivity contribution is 7.90. The van der Waals surface area contributed by atoms with Crippen molar-refractivity contribution in [2.45, 2.75) is 11.8 Å². The fourth-order valence-corrected chi connectivity index (χ4v) is 2.53. The second-order valence-electron chi connectivity index (χ2n) is 4.55. The maximum atomic E-state index is 11.4. The lowest BCUT2D eigenvalue weighted by atomic mass is 10.1. The van der Waals surface area contributed by atoms with E-state index in [2.05, 4.69) is 0 Å². The number of hydrogen-bond acceptors (Lipinski definition) is 4. The molecule has 2 rings (SSSR count). The highest BCUT2D eigenvalue weighted by Gasteiger charge is 2.09. The predicted molar refractivity (Wildman–Crippen MR) is 81.1 cm³/mol. The van der Waals surface area contributed by atoms with Crippen LogP contribution in [0.25, 0.3) is 0 Å². The van der Waals surface area contributed by atoms with Gasteiger partial charge in [0.1, 0.15) is 11.5 Å². The monoisotopic (exact) mass is 324 g/mol. The van der Waals surface area contributed by atoms with Crippen LogP contribution in [-0.2, 0) is 9.84 Å². The number of ether oxygens (including phenoxy) is 1. The van der Waals surface area contributed by atoms with E-state index in [4.69, 9.17) is 16.3 Å². The number of carbonyl (C=O) groups excluding carboxylic acids is 1. The van der Waals surface area contributed by atoms with Gasteiger partial charge in [-0.15, -0.1) is 0 Å². The predicted octanol–water partition coefficient (Wildman–Crippen LogP) is 3.74. The van der Waals surface area contributed by atoms with Crippen LogP contribution in [0.4, 0.5) is 0 Å². The number of Topliss-reactive ketones (excluding diaryl/α,β-unsaturated/α-hetero) is 1. The summed E-state index contributed by atoms with van der Waals surface area (Å²) in [5.74, 6) is 0.773. The van der Waals surface area contributed by atoms with Crippen LogP contribution < -0.4 is 4.74 Å². The second-order valence-corrected chi connectivity index (χ2v) is 6.97. The largest absolute Gasteiger partial charge is 0.456 e. The van der Waals surface area contributed by atoms with Gasteiger partial charge in [0.05, 0.1) is 9.92 Å². The Labute approximate surface area is 128 Å². The van der Waals surface area contributed by atoms with E-state index in [0.717, 1.165) is 6.26 Å². The summed E-state index contributed by atoms with van der Waals surface area (Å²) in [6.07, 6.45) is 1.14. The van der Waals surface area contributed by atoms with Crippen LogP contribution in [0, 0.1) is 0 Å². The molecule has 0 saturated heterocycles. The first-order valence-electron chi connectivity index (χ1n) is 6.06. The third kappa shape index (κ3) is 3.83. The van der Waals surface area contributed by atoms with Gasteiger partial charge < -0.3 is 4.74 Å². The molecule has 0 aromatic heterocycles. The van der Waals surface area contributed by atoms with Crippen LogP contribution in [0.3, 0.4) is 0 Å². The molecule has 110 valence electrons. The van der Waals surface area contributed by atoms with Gasteiger partial charge in [0.25, 0.3) is 0 Å². The zero-order chi connectivity index (χ0) is 15.6. The molecule has 0 spiro atoms. The normalized spacial score (nSPS) is 11.2. The van der Waals surface area contributed by atoms with Gasteiger partial charge in [-0.2, -0.15) is 0 Å². The Bertz CT molecular complexity index is 780. The number of rotatable bonds is 4. The molecule has 4 nitrogen and oxygen atoms in total. The smallest absolute Gasteiger partial charge is 0.175 e. The fourth-order valence-electron chi connectivity index (χ4n) is 1.68. The van der Waals surface area contributed by atoms with Crippen molar-refractivity contribution in [3.8, 4) is 11.5 Å². The van der Waals surface area contributed by atoms with Crippen molar-refractivity contribution in [3.63, 3.8) is 0 Å². The minimum absolute atomic E-state index is 0.0824. The van der Waals surface area contributed by atoms with Crippen molar-refractivity contribution in [3.05, 3.63) is 53.1 Å². The van der Waals surface area contributed by atoms with Gasteiger partial charge in [-0.3, -0.25) is 4.79 Å². The maximum Gasteiger partial charge on any atom is 0.175 e. The van der Waals surface area contributed by atoms with E-state index in [9.17, 15) is 13.2 Å². The maximum absolute atomic E-state index is 11.4. The zero-order valence-corrected chi connectivity index (χ0v) is 13.0. The van der Waals surface area contributed by atoms with Crippen molar-refractivity contribution < 1.29 is 17.9 Å². The quantitative estimate of drug-likeness (QED) is 0.804. The highest BCUT2D eigenvalue weighted by Crippen LogP contribution is 2.30. The third-order valence-electron chi connectivity index (χ3n) is 2.82. The van der Waals surface area contributed by atoms with Crippen molar-refractivity contribution in [2.24, 2.45) is 0 Å². The van der Waals surface area contributed by atoms with Crippen LogP contribution in [0.5, 0.6) is 11.5 Å². The second kappa shape index (κ2) is 5.87. The van der Waals surface area contributed by atoms with Crippen molar-refractivity contribution >= 4 is 27.2 Å². The van der Waals surface area contributed by atoms with E-state index < -0.39 is 9.84 Å². The fraction of sp³-hybridized carbons (Fsp3) is 0.133. The summed E-state index contributed by atoms with van der Waals surface area (Å²) in [5, 5.41) is 0.315. The van der Waals surface area contributed by atoms with Gasteiger partial charge >= 0.3 is 0 Å². The molecule has 0 saturated carbocycles. The summed E-state index contributed by atoms with van der Waals surface area (Å²) in [6, 6.07) is 10.8. The molecule has 0 N–H and O–H groups in total. The van der Waals surface area contributed by atoms with E-state index in [0.29, 0.717) is 22.1 Å². The molecule has 0 heterocycles. The lowest BCUT2D eigenvalue weighted by Gasteiger charge is -2.09. The highest BCUT2D eigenvalue weighted by atomic mass is 35.5. The molecule has 0 radical (unpaired) electrons. The molecular weight excluding hydrogens is 312 g/mol. The van der Waals surface area contributed by atoms with Gasteiger partial charge in [-0.1, -0.05) is 11.6 Å². The van der Waals surface area contributed by atoms with Crippen LogP contribution in [-0.4, -0.2) is 20.5 Å². The molecule has 0 aliphatic rings. The Hall–Kier alpha value is -1.85. The standard InChI is InChI=1S/C15H13ClO4S/c1-10(17)11-3-8-15(14(16)9-11)20-12-4-6-13(7-5-12)21(2,18)19/h3-9H,1-2H3. The Morgan fingerprint density at radius 3 is 2.19 bits per heavy atom. The number of ketones is 1. The van der Waals surface area contributed by atoms with Gasteiger partial charge in [0.15, 0.2) is 15.6 Å². The Morgan fingerprint density at radius 2 is 1.71 bits per heavy atom. The molecule has 0 fully saturated rings. The van der Waals surface area contributed by atoms with Gasteiger partial charge in [0, 0.05) is 11.8 Å². The molecule has 2 aromatic rings. The van der Waals surface area contributed by atoms with Crippen LogP contribution >= 0.6 is 11.6 Å². The average molecular weight is 325 g/mol. The lowest BCUT2D eigenvalue weighted by molar-refractivity contribution is 0.101. The molecule has 21 heavy (non-hydrogen) atoms. The molecular formula is C15H13ClO4S. The SMILES string of the molecule is CC(=O)c1ccc(Oc2ccc(S(C)(=O)=O)cc2)c(Cl)c1. The van der Waals surface area contributed by atoms with Crippen LogP contribution in [0.15, 0.2) is 47.4 Å². The zero-order valence-electron chi connectivity index (χ0n) is 11.5. The average Bonchev–Trinajstić information content (AvgIpc) is 2.40. The number of carbonyl (C=O) groups is 1. The van der Waals surface area contributed by atoms with Crippen LogP contribution in [0.2, 0.25) is 5.02 Å². The Balaban J connectivity index is 2.24. The molecule has 0 amide bonds. The first-order chi connectivity index (χ1) is 9.77. The number of benzene rings is 2. The van der Waals surface area contributed by atoms with E-state index in [-0.39, 0.29) is 10.7 Å². The Kier molecular flexibility index (Phi) is 4.34. The van der Waals surface area contributed by atoms with Crippen LogP contribution in [0.1, 0.15) is 17.3 Å². The lowest BCUT2D eigenvalue weighted by Crippen LogP contribution is -1.96. The topological polar surface area (TPSA) is 60.4 Å². The number of hydrogen-bond donors (Lipinski definition) is 0. The molecule has 0 atom stereocenters. The summed E-state index contributed by atoms with van der Waals surface area (Å²) >= 11 is 6.05. The first-order valence-corrected chi connectivity index (χ1v) is 8.33. The Morgan fingerprint density at radius 1 is 1.10 bits per heavy atom. The van der Waals surface area contributed by atoms with Gasteiger partial charge in [-0.25, -0.2) is 8.42 Å². The molecule has 0 bridgehead atoms. The number of halogens is 1. The molecule has 2 aromatic carbocycles. The van der Waals surface area contributed by atoms with E-state index in [1.54, 1.807) is 24.3 Å². The van der Waals surface area contributed by atoms with E-state index in [1.165, 1.54) is 25.1 Å². The van der Waals surface area contributed by atoms with Crippen molar-refractivity contribution in [1.29, 1.82) is 0 Å². The number of sulfone groups is 1. The van der Waals surface area contributed by atoms with E-state index in [1.807, 2.05) is 0 Å². The van der Waals surface area contributed by atoms with Gasteiger partial charge in [-0.05, 0) is 49.4 Å².